The minimum atomic E-state index is -3.47. The van der Waals surface area contributed by atoms with Crippen LogP contribution in [0.3, 0.4) is 0 Å². The number of likely N-dealkylation sites (tertiary alicyclic amines) is 1. The standard InChI is InChI=1S/C29H33N5O4S/c1-33(39(2,37)38)27-9-5-4-8-22(27)20-10-12-23-25(18-20)31-26-19-21(11-13-24(26)32-29(23)36)28(35)30-14-17-34-15-6-3-7-16-34/h4-5,8-13,18-19,31H,3,6-7,14-17H2,1-2H3,(H,30,35)(H,32,36). The van der Waals surface area contributed by atoms with Gasteiger partial charge in [0.1, 0.15) is 0 Å². The molecule has 3 aromatic rings. The van der Waals surface area contributed by atoms with Crippen molar-refractivity contribution in [3.63, 3.8) is 0 Å². The number of para-hydroxylation sites is 1. The number of benzene rings is 3. The van der Waals surface area contributed by atoms with Gasteiger partial charge in [0.25, 0.3) is 11.8 Å². The van der Waals surface area contributed by atoms with Crippen LogP contribution in [0.2, 0.25) is 0 Å². The summed E-state index contributed by atoms with van der Waals surface area (Å²) in [5, 5.41) is 9.24. The third kappa shape index (κ3) is 5.91. The van der Waals surface area contributed by atoms with Gasteiger partial charge in [-0.25, -0.2) is 8.42 Å². The molecule has 2 amide bonds. The highest BCUT2D eigenvalue weighted by Gasteiger charge is 2.22. The monoisotopic (exact) mass is 547 g/mol. The highest BCUT2D eigenvalue weighted by molar-refractivity contribution is 7.92. The van der Waals surface area contributed by atoms with E-state index in [0.29, 0.717) is 46.0 Å². The lowest BCUT2D eigenvalue weighted by Crippen LogP contribution is -2.37. The van der Waals surface area contributed by atoms with Crippen LogP contribution in [0.25, 0.3) is 11.1 Å². The fraction of sp³-hybridized carbons (Fsp3) is 0.310. The first-order chi connectivity index (χ1) is 18.7. The molecule has 0 radical (unpaired) electrons. The molecule has 204 valence electrons. The maximum absolute atomic E-state index is 13.0. The van der Waals surface area contributed by atoms with E-state index in [1.54, 1.807) is 42.5 Å². The Morgan fingerprint density at radius 3 is 2.46 bits per heavy atom. The summed E-state index contributed by atoms with van der Waals surface area (Å²) in [5.74, 6) is -0.443. The van der Waals surface area contributed by atoms with Gasteiger partial charge in [-0.2, -0.15) is 0 Å². The number of carbonyl (C=O) groups excluding carboxylic acids is 2. The van der Waals surface area contributed by atoms with Gasteiger partial charge in [-0.05, 0) is 67.9 Å². The lowest BCUT2D eigenvalue weighted by Gasteiger charge is -2.26. The van der Waals surface area contributed by atoms with Gasteiger partial charge >= 0.3 is 0 Å². The summed E-state index contributed by atoms with van der Waals surface area (Å²) in [6.07, 6.45) is 4.85. The van der Waals surface area contributed by atoms with Crippen molar-refractivity contribution in [3.05, 3.63) is 71.8 Å². The number of nitrogens with zero attached hydrogens (tertiary/aromatic N) is 2. The number of hydrogen-bond acceptors (Lipinski definition) is 6. The lowest BCUT2D eigenvalue weighted by molar-refractivity contribution is 0.0946. The smallest absolute Gasteiger partial charge is 0.257 e. The number of anilines is 4. The number of sulfonamides is 1. The molecule has 0 bridgehead atoms. The molecule has 1 fully saturated rings. The van der Waals surface area contributed by atoms with E-state index in [-0.39, 0.29) is 11.8 Å². The van der Waals surface area contributed by atoms with E-state index >= 15 is 0 Å². The predicted octanol–water partition coefficient (Wildman–Crippen LogP) is 4.27. The van der Waals surface area contributed by atoms with Crippen molar-refractivity contribution in [2.75, 3.05) is 54.4 Å². The number of piperidine rings is 1. The zero-order valence-corrected chi connectivity index (χ0v) is 23.0. The van der Waals surface area contributed by atoms with E-state index < -0.39 is 10.0 Å². The second kappa shape index (κ2) is 11.1. The van der Waals surface area contributed by atoms with Gasteiger partial charge in [-0.1, -0.05) is 30.7 Å². The van der Waals surface area contributed by atoms with Crippen LogP contribution < -0.4 is 20.3 Å². The maximum atomic E-state index is 13.0. The normalized spacial score (nSPS) is 15.3. The Morgan fingerprint density at radius 2 is 1.69 bits per heavy atom. The summed E-state index contributed by atoms with van der Waals surface area (Å²) >= 11 is 0. The molecule has 0 aromatic heterocycles. The van der Waals surface area contributed by atoms with Gasteiger partial charge in [0, 0.05) is 31.3 Å². The SMILES string of the molecule is CN(c1ccccc1-c1ccc2c(c1)Nc1cc(C(=O)NCCN3CCCCC3)ccc1NC2=O)S(C)(=O)=O. The average molecular weight is 548 g/mol. The Kier molecular flexibility index (Phi) is 7.58. The lowest BCUT2D eigenvalue weighted by atomic mass is 10.0. The molecule has 1 saturated heterocycles. The van der Waals surface area contributed by atoms with E-state index in [1.807, 2.05) is 18.2 Å². The van der Waals surface area contributed by atoms with Crippen LogP contribution in [-0.4, -0.2) is 64.6 Å². The minimum Gasteiger partial charge on any atom is -0.353 e. The summed E-state index contributed by atoms with van der Waals surface area (Å²) in [7, 11) is -1.96. The summed E-state index contributed by atoms with van der Waals surface area (Å²) in [4.78, 5) is 28.3. The molecule has 0 unspecified atom stereocenters. The topological polar surface area (TPSA) is 111 Å². The Balaban J connectivity index is 1.40. The number of nitrogens with one attached hydrogen (secondary N) is 3. The van der Waals surface area contributed by atoms with Crippen molar-refractivity contribution < 1.29 is 18.0 Å². The van der Waals surface area contributed by atoms with Crippen LogP contribution >= 0.6 is 0 Å². The molecule has 39 heavy (non-hydrogen) atoms. The molecule has 0 atom stereocenters. The molecule has 3 aromatic carbocycles. The number of rotatable bonds is 7. The molecule has 10 heteroatoms. The maximum Gasteiger partial charge on any atom is 0.257 e. The number of fused-ring (bicyclic) bond motifs is 2. The molecule has 2 aliphatic heterocycles. The molecule has 3 N–H and O–H groups in total. The van der Waals surface area contributed by atoms with E-state index in [0.717, 1.165) is 31.5 Å². The van der Waals surface area contributed by atoms with Crippen molar-refractivity contribution in [3.8, 4) is 11.1 Å². The van der Waals surface area contributed by atoms with Crippen molar-refractivity contribution in [1.29, 1.82) is 0 Å². The van der Waals surface area contributed by atoms with Gasteiger partial charge in [-0.15, -0.1) is 0 Å². The van der Waals surface area contributed by atoms with Crippen LogP contribution in [0.1, 0.15) is 40.0 Å². The van der Waals surface area contributed by atoms with Crippen LogP contribution in [0.15, 0.2) is 60.7 Å². The van der Waals surface area contributed by atoms with Crippen LogP contribution in [-0.2, 0) is 10.0 Å². The third-order valence-corrected chi connectivity index (χ3v) is 8.47. The first-order valence-electron chi connectivity index (χ1n) is 13.1. The fourth-order valence-corrected chi connectivity index (χ4v) is 5.55. The minimum absolute atomic E-state index is 0.168. The molecule has 0 spiro atoms. The molecule has 0 aliphatic carbocycles. The highest BCUT2D eigenvalue weighted by Crippen LogP contribution is 2.37. The summed E-state index contributed by atoms with van der Waals surface area (Å²) in [6.45, 7) is 3.56. The van der Waals surface area contributed by atoms with Gasteiger partial charge in [0.15, 0.2) is 0 Å². The number of carbonyl (C=O) groups is 2. The fourth-order valence-electron chi connectivity index (χ4n) is 5.03. The van der Waals surface area contributed by atoms with Gasteiger partial charge in [-0.3, -0.25) is 13.9 Å². The summed E-state index contributed by atoms with van der Waals surface area (Å²) in [6, 6.07) is 17.7. The van der Waals surface area contributed by atoms with Gasteiger partial charge in [0.05, 0.1) is 34.6 Å². The first-order valence-corrected chi connectivity index (χ1v) is 15.0. The molecule has 5 rings (SSSR count). The second-order valence-electron chi connectivity index (χ2n) is 10.0. The third-order valence-electron chi connectivity index (χ3n) is 7.28. The second-order valence-corrected chi connectivity index (χ2v) is 12.0. The zero-order valence-electron chi connectivity index (χ0n) is 22.2. The average Bonchev–Trinajstić information content (AvgIpc) is 3.07. The summed E-state index contributed by atoms with van der Waals surface area (Å²) < 4.78 is 25.7. The summed E-state index contributed by atoms with van der Waals surface area (Å²) in [5.41, 5.74) is 4.65. The Morgan fingerprint density at radius 1 is 0.923 bits per heavy atom. The van der Waals surface area contributed by atoms with Crippen molar-refractivity contribution in [2.45, 2.75) is 19.3 Å². The molecular weight excluding hydrogens is 514 g/mol. The van der Waals surface area contributed by atoms with Gasteiger partial charge < -0.3 is 20.9 Å². The highest BCUT2D eigenvalue weighted by atomic mass is 32.2. The molecule has 9 nitrogen and oxygen atoms in total. The zero-order chi connectivity index (χ0) is 27.6. The number of hydrogen-bond donors (Lipinski definition) is 3. The quantitative estimate of drug-likeness (QED) is 0.407. The first kappa shape index (κ1) is 26.7. The van der Waals surface area contributed by atoms with E-state index in [1.165, 1.54) is 30.6 Å². The molecule has 2 heterocycles. The Bertz CT molecular complexity index is 1520. The largest absolute Gasteiger partial charge is 0.353 e. The molecule has 2 aliphatic rings. The van der Waals surface area contributed by atoms with Crippen molar-refractivity contribution in [2.24, 2.45) is 0 Å². The van der Waals surface area contributed by atoms with Crippen molar-refractivity contribution >= 4 is 44.6 Å². The van der Waals surface area contributed by atoms with Crippen molar-refractivity contribution in [1.82, 2.24) is 10.2 Å². The molecule has 0 saturated carbocycles. The predicted molar refractivity (Wildman–Crippen MR) is 155 cm³/mol. The van der Waals surface area contributed by atoms with Crippen LogP contribution in [0.4, 0.5) is 22.7 Å². The van der Waals surface area contributed by atoms with Gasteiger partial charge in [0.2, 0.25) is 10.0 Å². The van der Waals surface area contributed by atoms with E-state index in [9.17, 15) is 18.0 Å². The van der Waals surface area contributed by atoms with E-state index in [4.69, 9.17) is 0 Å². The van der Waals surface area contributed by atoms with Crippen LogP contribution in [0.5, 0.6) is 0 Å². The van der Waals surface area contributed by atoms with Crippen LogP contribution in [0, 0.1) is 0 Å². The Labute approximate surface area is 229 Å². The van der Waals surface area contributed by atoms with E-state index in [2.05, 4.69) is 20.9 Å². The number of amides is 2. The molecular formula is C29H33N5O4S. The Hall–Kier alpha value is -3.89.